The first-order valence-corrected chi connectivity index (χ1v) is 7.52. The predicted octanol–water partition coefficient (Wildman–Crippen LogP) is 3.35. The quantitative estimate of drug-likeness (QED) is 0.768. The summed E-state index contributed by atoms with van der Waals surface area (Å²) in [6, 6.07) is 14.4. The number of nitrogens with zero attached hydrogens (tertiary/aromatic N) is 3. The van der Waals surface area contributed by atoms with Crippen molar-refractivity contribution in [3.63, 3.8) is 0 Å². The van der Waals surface area contributed by atoms with Gasteiger partial charge in [0.1, 0.15) is 11.4 Å². The zero-order valence-electron chi connectivity index (χ0n) is 12.8. The van der Waals surface area contributed by atoms with Crippen molar-refractivity contribution < 1.29 is 14.6 Å². The molecular weight excluding hydrogens is 330 g/mol. The van der Waals surface area contributed by atoms with Gasteiger partial charge in [0, 0.05) is 10.6 Å². The van der Waals surface area contributed by atoms with Crippen LogP contribution in [0.25, 0.3) is 11.3 Å². The lowest BCUT2D eigenvalue weighted by Crippen LogP contribution is -2.06. The zero-order valence-corrected chi connectivity index (χ0v) is 13.6. The highest BCUT2D eigenvalue weighted by Crippen LogP contribution is 2.25. The summed E-state index contributed by atoms with van der Waals surface area (Å²) in [5.74, 6) is -0.435. The van der Waals surface area contributed by atoms with Crippen LogP contribution in [-0.4, -0.2) is 33.2 Å². The number of methoxy groups -OCH3 is 1. The minimum Gasteiger partial charge on any atom is -0.497 e. The van der Waals surface area contributed by atoms with Gasteiger partial charge in [-0.2, -0.15) is 0 Å². The Kier molecular flexibility index (Phi) is 4.48. The second-order valence-electron chi connectivity index (χ2n) is 5.10. The maximum absolute atomic E-state index is 11.5. The van der Waals surface area contributed by atoms with E-state index >= 15 is 0 Å². The average molecular weight is 344 g/mol. The maximum atomic E-state index is 11.5. The van der Waals surface area contributed by atoms with Gasteiger partial charge in [0.15, 0.2) is 5.69 Å². The topological polar surface area (TPSA) is 77.2 Å². The second kappa shape index (κ2) is 6.72. The van der Waals surface area contributed by atoms with Crippen LogP contribution in [0.4, 0.5) is 0 Å². The average Bonchev–Trinajstić information content (AvgIpc) is 3.01. The first-order chi connectivity index (χ1) is 11.6. The number of halogens is 1. The van der Waals surface area contributed by atoms with Gasteiger partial charge in [-0.1, -0.05) is 28.9 Å². The summed E-state index contributed by atoms with van der Waals surface area (Å²) in [6.45, 7) is 0.388. The van der Waals surface area contributed by atoms with E-state index in [0.29, 0.717) is 28.6 Å². The van der Waals surface area contributed by atoms with Crippen molar-refractivity contribution in [2.24, 2.45) is 0 Å². The lowest BCUT2D eigenvalue weighted by molar-refractivity contribution is 0.0691. The van der Waals surface area contributed by atoms with Crippen molar-refractivity contribution in [2.45, 2.75) is 6.54 Å². The molecule has 0 spiro atoms. The Morgan fingerprint density at radius 3 is 2.42 bits per heavy atom. The molecule has 24 heavy (non-hydrogen) atoms. The minimum atomic E-state index is -1.12. The van der Waals surface area contributed by atoms with Gasteiger partial charge in [-0.3, -0.25) is 0 Å². The predicted molar refractivity (Wildman–Crippen MR) is 89.5 cm³/mol. The summed E-state index contributed by atoms with van der Waals surface area (Å²) in [4.78, 5) is 11.5. The van der Waals surface area contributed by atoms with Crippen molar-refractivity contribution in [3.8, 4) is 17.0 Å². The van der Waals surface area contributed by atoms with Crippen LogP contribution < -0.4 is 4.74 Å². The Labute approximate surface area is 143 Å². The smallest absolute Gasteiger partial charge is 0.358 e. The van der Waals surface area contributed by atoms with Crippen LogP contribution in [0.1, 0.15) is 16.1 Å². The third-order valence-corrected chi connectivity index (χ3v) is 3.80. The molecule has 0 radical (unpaired) electrons. The van der Waals surface area contributed by atoms with E-state index in [1.165, 1.54) is 0 Å². The molecule has 0 bridgehead atoms. The van der Waals surface area contributed by atoms with Crippen LogP contribution in [0.5, 0.6) is 5.75 Å². The molecule has 1 aromatic heterocycles. The molecule has 0 saturated carbocycles. The molecular formula is C17H14ClN3O3. The number of aromatic nitrogens is 3. The molecule has 0 fully saturated rings. The number of carboxylic acids is 1. The van der Waals surface area contributed by atoms with E-state index in [9.17, 15) is 9.90 Å². The fourth-order valence-corrected chi connectivity index (χ4v) is 2.49. The molecule has 2 aromatic carbocycles. The lowest BCUT2D eigenvalue weighted by atomic mass is 10.1. The summed E-state index contributed by atoms with van der Waals surface area (Å²) in [5, 5.41) is 17.8. The number of carbonyl (C=O) groups is 1. The van der Waals surface area contributed by atoms with E-state index in [1.54, 1.807) is 48.2 Å². The molecule has 0 amide bonds. The third-order valence-electron chi connectivity index (χ3n) is 3.55. The molecule has 1 N–H and O–H groups in total. The number of hydrogen-bond acceptors (Lipinski definition) is 4. The number of benzene rings is 2. The van der Waals surface area contributed by atoms with Gasteiger partial charge in [0.25, 0.3) is 0 Å². The second-order valence-corrected chi connectivity index (χ2v) is 5.54. The van der Waals surface area contributed by atoms with Crippen molar-refractivity contribution in [1.29, 1.82) is 0 Å². The number of ether oxygens (including phenoxy) is 1. The number of hydrogen-bond donors (Lipinski definition) is 1. The molecule has 0 atom stereocenters. The standard InChI is InChI=1S/C17H14ClN3O3/c1-24-14-8-4-12(5-9-14)16-15(17(22)23)19-20-21(16)10-11-2-6-13(18)7-3-11/h2-9H,10H2,1H3,(H,22,23). The zero-order chi connectivity index (χ0) is 17.1. The first kappa shape index (κ1) is 16.0. The molecule has 0 saturated heterocycles. The molecule has 0 unspecified atom stereocenters. The summed E-state index contributed by atoms with van der Waals surface area (Å²) < 4.78 is 6.70. The maximum Gasteiger partial charge on any atom is 0.358 e. The Morgan fingerprint density at radius 1 is 1.17 bits per heavy atom. The van der Waals surface area contributed by atoms with Gasteiger partial charge in [0.2, 0.25) is 0 Å². The van der Waals surface area contributed by atoms with Crippen LogP contribution in [-0.2, 0) is 6.54 Å². The van der Waals surface area contributed by atoms with E-state index < -0.39 is 5.97 Å². The van der Waals surface area contributed by atoms with Crippen LogP contribution in [0, 0.1) is 0 Å². The van der Waals surface area contributed by atoms with Crippen molar-refractivity contribution in [3.05, 3.63) is 64.8 Å². The normalized spacial score (nSPS) is 10.6. The summed E-state index contributed by atoms with van der Waals surface area (Å²) in [7, 11) is 1.57. The van der Waals surface area contributed by atoms with E-state index in [4.69, 9.17) is 16.3 Å². The van der Waals surface area contributed by atoms with Crippen LogP contribution in [0.2, 0.25) is 5.02 Å². The van der Waals surface area contributed by atoms with E-state index in [2.05, 4.69) is 10.3 Å². The largest absolute Gasteiger partial charge is 0.497 e. The van der Waals surface area contributed by atoms with E-state index in [1.807, 2.05) is 12.1 Å². The molecule has 3 rings (SSSR count). The van der Waals surface area contributed by atoms with Gasteiger partial charge >= 0.3 is 5.97 Å². The van der Waals surface area contributed by atoms with Crippen molar-refractivity contribution >= 4 is 17.6 Å². The highest BCUT2D eigenvalue weighted by atomic mass is 35.5. The monoisotopic (exact) mass is 343 g/mol. The summed E-state index contributed by atoms with van der Waals surface area (Å²) in [6.07, 6.45) is 0. The fourth-order valence-electron chi connectivity index (χ4n) is 2.37. The van der Waals surface area contributed by atoms with E-state index in [-0.39, 0.29) is 5.69 Å². The third kappa shape index (κ3) is 3.23. The highest BCUT2D eigenvalue weighted by Gasteiger charge is 2.20. The summed E-state index contributed by atoms with van der Waals surface area (Å²) in [5.41, 5.74) is 2.00. The number of rotatable bonds is 5. The lowest BCUT2D eigenvalue weighted by Gasteiger charge is -2.08. The Balaban J connectivity index is 2.03. The SMILES string of the molecule is COc1ccc(-c2c(C(=O)O)nnn2Cc2ccc(Cl)cc2)cc1. The molecule has 3 aromatic rings. The Hall–Kier alpha value is -2.86. The minimum absolute atomic E-state index is 0.0888. The summed E-state index contributed by atoms with van der Waals surface area (Å²) >= 11 is 5.89. The molecule has 7 heteroatoms. The highest BCUT2D eigenvalue weighted by molar-refractivity contribution is 6.30. The van der Waals surface area contributed by atoms with Crippen molar-refractivity contribution in [1.82, 2.24) is 15.0 Å². The Bertz CT molecular complexity index is 858. The number of aromatic carboxylic acids is 1. The molecule has 0 aliphatic heterocycles. The number of carboxylic acid groups (broad SMARTS) is 1. The first-order valence-electron chi connectivity index (χ1n) is 7.14. The molecule has 6 nitrogen and oxygen atoms in total. The Morgan fingerprint density at radius 2 is 1.83 bits per heavy atom. The van der Waals surface area contributed by atoms with Gasteiger partial charge < -0.3 is 9.84 Å². The van der Waals surface area contributed by atoms with Crippen molar-refractivity contribution in [2.75, 3.05) is 7.11 Å². The fraction of sp³-hybridized carbons (Fsp3) is 0.118. The van der Waals surface area contributed by atoms with Crippen LogP contribution in [0.3, 0.4) is 0 Å². The van der Waals surface area contributed by atoms with Crippen LogP contribution >= 0.6 is 11.6 Å². The molecule has 0 aliphatic rings. The molecule has 0 aliphatic carbocycles. The van der Waals surface area contributed by atoms with Gasteiger partial charge in [-0.05, 0) is 42.0 Å². The van der Waals surface area contributed by atoms with Crippen LogP contribution in [0.15, 0.2) is 48.5 Å². The van der Waals surface area contributed by atoms with Gasteiger partial charge in [-0.15, -0.1) is 5.10 Å². The van der Waals surface area contributed by atoms with Gasteiger partial charge in [0.05, 0.1) is 13.7 Å². The van der Waals surface area contributed by atoms with Gasteiger partial charge in [-0.25, -0.2) is 9.48 Å². The molecule has 1 heterocycles. The molecule has 122 valence electrons. The van der Waals surface area contributed by atoms with E-state index in [0.717, 1.165) is 5.56 Å².